The van der Waals surface area contributed by atoms with Crippen LogP contribution in [0.5, 0.6) is 0 Å². The van der Waals surface area contributed by atoms with Crippen molar-refractivity contribution in [2.45, 2.75) is 6.54 Å². The molecule has 0 aliphatic rings. The van der Waals surface area contributed by atoms with E-state index in [9.17, 15) is 4.79 Å². The van der Waals surface area contributed by atoms with E-state index in [0.717, 1.165) is 11.4 Å². The quantitative estimate of drug-likeness (QED) is 0.794. The van der Waals surface area contributed by atoms with Crippen LogP contribution in [0, 0.1) is 0 Å². The zero-order chi connectivity index (χ0) is 14.7. The predicted octanol–water partition coefficient (Wildman–Crippen LogP) is 1.87. The smallest absolute Gasteiger partial charge is 0.254 e. The Morgan fingerprint density at radius 2 is 2.19 bits per heavy atom. The normalized spacial score (nSPS) is 10.5. The molecule has 6 heteroatoms. The number of aromatic amines is 1. The molecule has 106 valence electrons. The minimum absolute atomic E-state index is 0.0430. The van der Waals surface area contributed by atoms with Gasteiger partial charge in [-0.05, 0) is 30.3 Å². The van der Waals surface area contributed by atoms with Crippen molar-refractivity contribution in [3.63, 3.8) is 0 Å². The summed E-state index contributed by atoms with van der Waals surface area (Å²) in [4.78, 5) is 14.1. The van der Waals surface area contributed by atoms with Crippen LogP contribution in [-0.2, 0) is 6.54 Å². The third-order valence-corrected chi connectivity index (χ3v) is 3.17. The van der Waals surface area contributed by atoms with Gasteiger partial charge in [-0.1, -0.05) is 6.07 Å². The summed E-state index contributed by atoms with van der Waals surface area (Å²) in [5, 5.41) is 10.9. The number of amides is 1. The van der Waals surface area contributed by atoms with Crippen LogP contribution in [0.3, 0.4) is 0 Å². The summed E-state index contributed by atoms with van der Waals surface area (Å²) in [5.41, 5.74) is 2.39. The third kappa shape index (κ3) is 2.84. The number of nitrogens with zero attached hydrogens (tertiary/aromatic N) is 4. The number of carbonyl (C=O) groups is 1. The van der Waals surface area contributed by atoms with Crippen LogP contribution in [0.4, 0.5) is 0 Å². The van der Waals surface area contributed by atoms with Gasteiger partial charge in [0, 0.05) is 31.2 Å². The fourth-order valence-corrected chi connectivity index (χ4v) is 2.12. The first-order chi connectivity index (χ1) is 10.2. The predicted molar refractivity (Wildman–Crippen MR) is 77.9 cm³/mol. The maximum absolute atomic E-state index is 12.5. The molecule has 2 aromatic heterocycles. The third-order valence-electron chi connectivity index (χ3n) is 3.17. The van der Waals surface area contributed by atoms with Crippen molar-refractivity contribution in [3.8, 4) is 5.69 Å². The largest absolute Gasteiger partial charge is 0.336 e. The Hall–Kier alpha value is -2.89. The summed E-state index contributed by atoms with van der Waals surface area (Å²) in [7, 11) is 1.77. The fourth-order valence-electron chi connectivity index (χ4n) is 2.12. The second-order valence-corrected chi connectivity index (χ2v) is 4.74. The van der Waals surface area contributed by atoms with E-state index in [2.05, 4.69) is 15.3 Å². The van der Waals surface area contributed by atoms with Gasteiger partial charge in [0.1, 0.15) is 0 Å². The second-order valence-electron chi connectivity index (χ2n) is 4.74. The average Bonchev–Trinajstić information content (AvgIpc) is 3.20. The SMILES string of the molecule is CN(Cc1ccn[nH]1)C(=O)c1cccc(-n2cccn2)c1. The molecule has 0 radical (unpaired) electrons. The van der Waals surface area contributed by atoms with Gasteiger partial charge < -0.3 is 4.90 Å². The summed E-state index contributed by atoms with van der Waals surface area (Å²) in [6.07, 6.45) is 5.22. The maximum atomic E-state index is 12.5. The molecule has 0 aliphatic carbocycles. The second kappa shape index (κ2) is 5.62. The lowest BCUT2D eigenvalue weighted by atomic mass is 10.1. The van der Waals surface area contributed by atoms with Gasteiger partial charge in [0.2, 0.25) is 0 Å². The molecule has 0 saturated heterocycles. The number of carbonyl (C=O) groups excluding carboxylic acids is 1. The molecule has 0 spiro atoms. The Balaban J connectivity index is 1.80. The van der Waals surface area contributed by atoms with Gasteiger partial charge in [-0.2, -0.15) is 10.2 Å². The van der Waals surface area contributed by atoms with E-state index < -0.39 is 0 Å². The van der Waals surface area contributed by atoms with Gasteiger partial charge in [-0.25, -0.2) is 4.68 Å². The number of hydrogen-bond acceptors (Lipinski definition) is 3. The molecule has 0 atom stereocenters. The van der Waals surface area contributed by atoms with Crippen molar-refractivity contribution in [2.24, 2.45) is 0 Å². The van der Waals surface area contributed by atoms with E-state index in [-0.39, 0.29) is 5.91 Å². The van der Waals surface area contributed by atoms with Crippen LogP contribution in [0.15, 0.2) is 55.0 Å². The van der Waals surface area contributed by atoms with Crippen molar-refractivity contribution >= 4 is 5.91 Å². The molecule has 3 rings (SSSR count). The van der Waals surface area contributed by atoms with E-state index in [0.29, 0.717) is 12.1 Å². The highest BCUT2D eigenvalue weighted by atomic mass is 16.2. The lowest BCUT2D eigenvalue weighted by molar-refractivity contribution is 0.0783. The molecule has 0 fully saturated rings. The Bertz CT molecular complexity index is 718. The van der Waals surface area contributed by atoms with Crippen LogP contribution < -0.4 is 0 Å². The Labute approximate surface area is 122 Å². The summed E-state index contributed by atoms with van der Waals surface area (Å²) < 4.78 is 1.73. The maximum Gasteiger partial charge on any atom is 0.254 e. The number of H-pyrrole nitrogens is 1. The molecule has 2 heterocycles. The van der Waals surface area contributed by atoms with Gasteiger partial charge in [-0.15, -0.1) is 0 Å². The highest BCUT2D eigenvalue weighted by Gasteiger charge is 2.13. The van der Waals surface area contributed by atoms with Gasteiger partial charge in [0.05, 0.1) is 17.9 Å². The van der Waals surface area contributed by atoms with Gasteiger partial charge in [0.15, 0.2) is 0 Å². The van der Waals surface area contributed by atoms with E-state index in [1.807, 2.05) is 36.5 Å². The Morgan fingerprint density at radius 1 is 1.29 bits per heavy atom. The van der Waals surface area contributed by atoms with Crippen LogP contribution in [0.1, 0.15) is 16.1 Å². The molecular formula is C15H15N5O. The molecular weight excluding hydrogens is 266 g/mol. The fraction of sp³-hybridized carbons (Fsp3) is 0.133. The van der Waals surface area contributed by atoms with E-state index in [1.165, 1.54) is 0 Å². The summed E-state index contributed by atoms with van der Waals surface area (Å²) >= 11 is 0. The number of nitrogens with one attached hydrogen (secondary N) is 1. The van der Waals surface area contributed by atoms with Crippen molar-refractivity contribution in [1.29, 1.82) is 0 Å². The lowest BCUT2D eigenvalue weighted by Gasteiger charge is -2.16. The van der Waals surface area contributed by atoms with Crippen molar-refractivity contribution in [3.05, 3.63) is 66.2 Å². The number of aromatic nitrogens is 4. The zero-order valence-corrected chi connectivity index (χ0v) is 11.6. The van der Waals surface area contributed by atoms with Gasteiger partial charge in [0.25, 0.3) is 5.91 Å². The topological polar surface area (TPSA) is 66.8 Å². The lowest BCUT2D eigenvalue weighted by Crippen LogP contribution is -2.26. The first kappa shape index (κ1) is 13.1. The summed E-state index contributed by atoms with van der Waals surface area (Å²) in [6, 6.07) is 11.1. The molecule has 0 saturated carbocycles. The molecule has 1 amide bonds. The molecule has 21 heavy (non-hydrogen) atoms. The van der Waals surface area contributed by atoms with E-state index >= 15 is 0 Å². The average molecular weight is 281 g/mol. The van der Waals surface area contributed by atoms with Crippen LogP contribution in [0.25, 0.3) is 5.69 Å². The zero-order valence-electron chi connectivity index (χ0n) is 11.6. The highest BCUT2D eigenvalue weighted by Crippen LogP contribution is 2.12. The first-order valence-electron chi connectivity index (χ1n) is 6.58. The first-order valence-corrected chi connectivity index (χ1v) is 6.58. The van der Waals surface area contributed by atoms with Crippen molar-refractivity contribution in [1.82, 2.24) is 24.9 Å². The minimum atomic E-state index is -0.0430. The molecule has 3 aromatic rings. The van der Waals surface area contributed by atoms with Crippen molar-refractivity contribution in [2.75, 3.05) is 7.05 Å². The number of rotatable bonds is 4. The molecule has 1 N–H and O–H groups in total. The van der Waals surface area contributed by atoms with Crippen molar-refractivity contribution < 1.29 is 4.79 Å². The minimum Gasteiger partial charge on any atom is -0.336 e. The Kier molecular flexibility index (Phi) is 3.51. The standard InChI is InChI=1S/C15H15N5O/c1-19(11-13-6-8-16-18-13)15(21)12-4-2-5-14(10-12)20-9-3-7-17-20/h2-10H,11H2,1H3,(H,16,18). The van der Waals surface area contributed by atoms with Crippen LogP contribution in [-0.4, -0.2) is 37.8 Å². The summed E-state index contributed by atoms with van der Waals surface area (Å²) in [5.74, 6) is -0.0430. The summed E-state index contributed by atoms with van der Waals surface area (Å²) in [6.45, 7) is 0.491. The van der Waals surface area contributed by atoms with Crippen LogP contribution >= 0.6 is 0 Å². The molecule has 6 nitrogen and oxygen atoms in total. The van der Waals surface area contributed by atoms with E-state index in [4.69, 9.17) is 0 Å². The molecule has 0 aliphatic heterocycles. The highest BCUT2D eigenvalue weighted by molar-refractivity contribution is 5.94. The van der Waals surface area contributed by atoms with Crippen LogP contribution in [0.2, 0.25) is 0 Å². The Morgan fingerprint density at radius 3 is 2.90 bits per heavy atom. The number of benzene rings is 1. The number of hydrogen-bond donors (Lipinski definition) is 1. The van der Waals surface area contributed by atoms with Gasteiger partial charge in [-0.3, -0.25) is 9.89 Å². The monoisotopic (exact) mass is 281 g/mol. The molecule has 1 aromatic carbocycles. The van der Waals surface area contributed by atoms with E-state index in [1.54, 1.807) is 35.1 Å². The van der Waals surface area contributed by atoms with Gasteiger partial charge >= 0.3 is 0 Å². The molecule has 0 unspecified atom stereocenters. The molecule has 0 bridgehead atoms.